The molecule has 0 radical (unpaired) electrons. The van der Waals surface area contributed by atoms with E-state index < -0.39 is 4.92 Å². The van der Waals surface area contributed by atoms with Crippen molar-refractivity contribution in [3.63, 3.8) is 0 Å². The smallest absolute Gasteiger partial charge is 0.271 e. The molecule has 0 heterocycles. The van der Waals surface area contributed by atoms with Gasteiger partial charge in [0.1, 0.15) is 5.75 Å². The standard InChI is InChI=1S/C16H19N3O3/c20-16-6-1-3-13(11-16)7-8-17-9-10-18-14-4-2-5-15(12-14)19(21)22/h1-6,11-12,17-18,20H,7-10H2. The minimum absolute atomic E-state index is 0.0850. The molecular weight excluding hydrogens is 282 g/mol. The molecule has 2 rings (SSSR count). The maximum atomic E-state index is 10.7. The van der Waals surface area contributed by atoms with Crippen LogP contribution in [-0.4, -0.2) is 29.7 Å². The molecule has 0 aromatic heterocycles. The van der Waals surface area contributed by atoms with Gasteiger partial charge in [-0.2, -0.15) is 0 Å². The summed E-state index contributed by atoms with van der Waals surface area (Å²) in [6, 6.07) is 13.7. The third-order valence-electron chi connectivity index (χ3n) is 3.19. The van der Waals surface area contributed by atoms with E-state index in [2.05, 4.69) is 10.6 Å². The highest BCUT2D eigenvalue weighted by molar-refractivity contribution is 5.50. The summed E-state index contributed by atoms with van der Waals surface area (Å²) in [6.07, 6.45) is 0.839. The summed E-state index contributed by atoms with van der Waals surface area (Å²) in [5.41, 5.74) is 1.91. The number of rotatable bonds is 8. The van der Waals surface area contributed by atoms with Crippen molar-refractivity contribution < 1.29 is 10.0 Å². The van der Waals surface area contributed by atoms with Crippen LogP contribution in [0, 0.1) is 10.1 Å². The first kappa shape index (κ1) is 15.8. The van der Waals surface area contributed by atoms with E-state index in [4.69, 9.17) is 0 Å². The minimum Gasteiger partial charge on any atom is -0.508 e. The van der Waals surface area contributed by atoms with Gasteiger partial charge in [-0.05, 0) is 36.7 Å². The number of phenols is 1. The zero-order valence-electron chi connectivity index (χ0n) is 12.2. The molecule has 0 aliphatic heterocycles. The topological polar surface area (TPSA) is 87.4 Å². The summed E-state index contributed by atoms with van der Waals surface area (Å²) in [6.45, 7) is 2.24. The number of aromatic hydroxyl groups is 1. The molecule has 0 aliphatic rings. The third-order valence-corrected chi connectivity index (χ3v) is 3.19. The molecule has 22 heavy (non-hydrogen) atoms. The van der Waals surface area contributed by atoms with E-state index in [9.17, 15) is 15.2 Å². The zero-order valence-corrected chi connectivity index (χ0v) is 12.2. The van der Waals surface area contributed by atoms with Crippen LogP contribution in [0.1, 0.15) is 5.56 Å². The number of phenolic OH excluding ortho intramolecular Hbond substituents is 1. The second-order valence-corrected chi connectivity index (χ2v) is 4.90. The Bertz CT molecular complexity index is 632. The predicted octanol–water partition coefficient (Wildman–Crippen LogP) is 2.54. The highest BCUT2D eigenvalue weighted by Crippen LogP contribution is 2.16. The van der Waals surface area contributed by atoms with Gasteiger partial charge in [0.15, 0.2) is 0 Å². The number of nitro groups is 1. The molecule has 0 saturated carbocycles. The molecule has 0 amide bonds. The highest BCUT2D eigenvalue weighted by atomic mass is 16.6. The maximum Gasteiger partial charge on any atom is 0.271 e. The Morgan fingerprint density at radius 2 is 1.86 bits per heavy atom. The lowest BCUT2D eigenvalue weighted by molar-refractivity contribution is -0.384. The molecule has 2 aromatic rings. The van der Waals surface area contributed by atoms with Gasteiger partial charge in [-0.15, -0.1) is 0 Å². The molecule has 0 fully saturated rings. The first-order chi connectivity index (χ1) is 10.6. The van der Waals surface area contributed by atoms with Crippen LogP contribution in [0.2, 0.25) is 0 Å². The molecule has 6 heteroatoms. The van der Waals surface area contributed by atoms with Gasteiger partial charge in [-0.3, -0.25) is 10.1 Å². The molecule has 0 unspecified atom stereocenters. The van der Waals surface area contributed by atoms with Gasteiger partial charge in [0.2, 0.25) is 0 Å². The fourth-order valence-electron chi connectivity index (χ4n) is 2.09. The molecule has 0 saturated heterocycles. The number of nitro benzene ring substituents is 1. The summed E-state index contributed by atoms with van der Waals surface area (Å²) in [5.74, 6) is 0.282. The molecule has 0 spiro atoms. The van der Waals surface area contributed by atoms with E-state index in [1.54, 1.807) is 24.3 Å². The largest absolute Gasteiger partial charge is 0.508 e. The number of hydrogen-bond acceptors (Lipinski definition) is 5. The molecule has 2 aromatic carbocycles. The van der Waals surface area contributed by atoms with Crippen molar-refractivity contribution in [3.05, 3.63) is 64.2 Å². The number of non-ortho nitro benzene ring substituents is 1. The summed E-state index contributed by atoms with van der Waals surface area (Å²) >= 11 is 0. The summed E-state index contributed by atoms with van der Waals surface area (Å²) in [4.78, 5) is 10.3. The monoisotopic (exact) mass is 301 g/mol. The lowest BCUT2D eigenvalue weighted by Gasteiger charge is -2.08. The van der Waals surface area contributed by atoms with Crippen molar-refractivity contribution >= 4 is 11.4 Å². The molecule has 0 bridgehead atoms. The number of nitrogens with one attached hydrogen (secondary N) is 2. The van der Waals surface area contributed by atoms with Gasteiger partial charge in [0, 0.05) is 30.9 Å². The van der Waals surface area contributed by atoms with E-state index in [1.807, 2.05) is 12.1 Å². The Hall–Kier alpha value is -2.60. The van der Waals surface area contributed by atoms with Crippen molar-refractivity contribution in [1.82, 2.24) is 5.32 Å². The fourth-order valence-corrected chi connectivity index (χ4v) is 2.09. The zero-order chi connectivity index (χ0) is 15.8. The second kappa shape index (κ2) is 7.99. The maximum absolute atomic E-state index is 10.7. The van der Waals surface area contributed by atoms with Gasteiger partial charge in [-0.1, -0.05) is 18.2 Å². The first-order valence-electron chi connectivity index (χ1n) is 7.12. The average Bonchev–Trinajstić information content (AvgIpc) is 2.51. The number of anilines is 1. The Balaban J connectivity index is 1.65. The normalized spacial score (nSPS) is 10.4. The molecule has 0 aliphatic carbocycles. The first-order valence-corrected chi connectivity index (χ1v) is 7.12. The summed E-state index contributed by atoms with van der Waals surface area (Å²) in [5, 5.41) is 26.5. The van der Waals surface area contributed by atoms with Gasteiger partial charge in [0.05, 0.1) is 4.92 Å². The summed E-state index contributed by atoms with van der Waals surface area (Å²) in [7, 11) is 0. The third kappa shape index (κ3) is 5.06. The Morgan fingerprint density at radius 3 is 2.64 bits per heavy atom. The predicted molar refractivity (Wildman–Crippen MR) is 86.3 cm³/mol. The van der Waals surface area contributed by atoms with E-state index in [-0.39, 0.29) is 11.4 Å². The van der Waals surface area contributed by atoms with Gasteiger partial charge >= 0.3 is 0 Å². The van der Waals surface area contributed by atoms with Crippen LogP contribution in [0.5, 0.6) is 5.75 Å². The van der Waals surface area contributed by atoms with Crippen LogP contribution in [0.4, 0.5) is 11.4 Å². The molecule has 6 nitrogen and oxygen atoms in total. The molecule has 3 N–H and O–H groups in total. The fraction of sp³-hybridized carbons (Fsp3) is 0.250. The minimum atomic E-state index is -0.404. The van der Waals surface area contributed by atoms with Crippen molar-refractivity contribution in [3.8, 4) is 5.75 Å². The van der Waals surface area contributed by atoms with Crippen molar-refractivity contribution in [2.24, 2.45) is 0 Å². The van der Waals surface area contributed by atoms with E-state index in [0.29, 0.717) is 6.54 Å². The highest BCUT2D eigenvalue weighted by Gasteiger charge is 2.04. The van der Waals surface area contributed by atoms with Crippen LogP contribution in [0.25, 0.3) is 0 Å². The lowest BCUT2D eigenvalue weighted by Crippen LogP contribution is -2.24. The van der Waals surface area contributed by atoms with Gasteiger partial charge < -0.3 is 15.7 Å². The Kier molecular flexibility index (Phi) is 5.73. The Labute approximate surface area is 128 Å². The molecule has 116 valence electrons. The van der Waals surface area contributed by atoms with Crippen LogP contribution in [0.3, 0.4) is 0 Å². The van der Waals surface area contributed by atoms with Crippen molar-refractivity contribution in [1.29, 1.82) is 0 Å². The lowest BCUT2D eigenvalue weighted by atomic mass is 10.1. The van der Waals surface area contributed by atoms with Crippen LogP contribution < -0.4 is 10.6 Å². The van der Waals surface area contributed by atoms with E-state index >= 15 is 0 Å². The molecule has 0 atom stereocenters. The van der Waals surface area contributed by atoms with E-state index in [0.717, 1.165) is 30.8 Å². The van der Waals surface area contributed by atoms with Crippen LogP contribution in [0.15, 0.2) is 48.5 Å². The SMILES string of the molecule is O=[N+]([O-])c1cccc(NCCNCCc2cccc(O)c2)c1. The molecular formula is C16H19N3O3. The second-order valence-electron chi connectivity index (χ2n) is 4.90. The quantitative estimate of drug-likeness (QED) is 0.396. The average molecular weight is 301 g/mol. The number of hydrogen-bond donors (Lipinski definition) is 3. The van der Waals surface area contributed by atoms with Crippen molar-refractivity contribution in [2.45, 2.75) is 6.42 Å². The van der Waals surface area contributed by atoms with Gasteiger partial charge in [0.25, 0.3) is 5.69 Å². The number of benzene rings is 2. The van der Waals surface area contributed by atoms with Crippen molar-refractivity contribution in [2.75, 3.05) is 25.0 Å². The summed E-state index contributed by atoms with van der Waals surface area (Å²) < 4.78 is 0. The van der Waals surface area contributed by atoms with E-state index in [1.165, 1.54) is 12.1 Å². The number of nitrogens with zero attached hydrogens (tertiary/aromatic N) is 1. The van der Waals surface area contributed by atoms with Gasteiger partial charge in [-0.25, -0.2) is 0 Å². The van der Waals surface area contributed by atoms with Crippen LogP contribution in [-0.2, 0) is 6.42 Å². The van der Waals surface area contributed by atoms with Crippen LogP contribution >= 0.6 is 0 Å². The Morgan fingerprint density at radius 1 is 1.05 bits per heavy atom.